The summed E-state index contributed by atoms with van der Waals surface area (Å²) in [5.74, 6) is -2.93. The molecule has 0 aliphatic heterocycles. The Morgan fingerprint density at radius 3 is 2.08 bits per heavy atom. The molecule has 2 unspecified atom stereocenters. The lowest BCUT2D eigenvalue weighted by atomic mass is 9.79. The predicted octanol–water partition coefficient (Wildman–Crippen LogP) is 6.75. The second-order valence-electron chi connectivity index (χ2n) is 7.19. The Kier molecular flexibility index (Phi) is 5.03. The maximum atomic E-state index is 13.9. The minimum Gasteiger partial charge on any atom is -0.242 e. The number of rotatable bonds is 2. The molecule has 1 fully saturated rings. The Hall–Kier alpha value is -1.65. The quantitative estimate of drug-likeness (QED) is 0.514. The van der Waals surface area contributed by atoms with Crippen LogP contribution in [0.3, 0.4) is 0 Å². The van der Waals surface area contributed by atoms with Crippen LogP contribution in [0.25, 0.3) is 5.57 Å². The van der Waals surface area contributed by atoms with E-state index in [1.165, 1.54) is 18.4 Å². The first-order chi connectivity index (χ1) is 11.8. The number of halogens is 5. The van der Waals surface area contributed by atoms with Gasteiger partial charge in [-0.2, -0.15) is 13.2 Å². The zero-order chi connectivity index (χ0) is 18.2. The molecule has 136 valence electrons. The van der Waals surface area contributed by atoms with Gasteiger partial charge in [-0.25, -0.2) is 8.78 Å². The van der Waals surface area contributed by atoms with Crippen LogP contribution >= 0.6 is 0 Å². The van der Waals surface area contributed by atoms with Crippen molar-refractivity contribution in [1.82, 2.24) is 0 Å². The van der Waals surface area contributed by atoms with E-state index in [-0.39, 0.29) is 5.57 Å². The Morgan fingerprint density at radius 1 is 0.960 bits per heavy atom. The minimum atomic E-state index is -4.93. The Labute approximate surface area is 144 Å². The third-order valence-corrected chi connectivity index (χ3v) is 5.33. The Balaban J connectivity index is 1.77. The molecule has 0 nitrogen and oxygen atoms in total. The third kappa shape index (κ3) is 3.96. The molecule has 0 saturated heterocycles. The zero-order valence-electron chi connectivity index (χ0n) is 14.0. The van der Waals surface area contributed by atoms with E-state index >= 15 is 0 Å². The standard InChI is InChI=1S/C20H21F5/c1-12-2-4-13(5-3-12)14-6-8-15(9-7-14)16-10-17(21)19(18(22)11-16)20(23,24)25/h6-13,17,19H,2-5H2,1H3. The third-order valence-electron chi connectivity index (χ3n) is 5.33. The first kappa shape index (κ1) is 18.2. The fourth-order valence-electron chi connectivity index (χ4n) is 3.76. The lowest BCUT2D eigenvalue weighted by molar-refractivity contribution is -0.179. The summed E-state index contributed by atoms with van der Waals surface area (Å²) in [6.07, 6.45) is -1.05. The van der Waals surface area contributed by atoms with E-state index < -0.39 is 24.1 Å². The van der Waals surface area contributed by atoms with Crippen molar-refractivity contribution in [3.05, 3.63) is 53.4 Å². The monoisotopic (exact) mass is 356 g/mol. The molecule has 2 atom stereocenters. The number of hydrogen-bond acceptors (Lipinski definition) is 0. The zero-order valence-corrected chi connectivity index (χ0v) is 14.0. The van der Waals surface area contributed by atoms with E-state index in [1.54, 1.807) is 12.1 Å². The lowest BCUT2D eigenvalue weighted by Crippen LogP contribution is -2.33. The van der Waals surface area contributed by atoms with Gasteiger partial charge in [-0.1, -0.05) is 44.0 Å². The first-order valence-corrected chi connectivity index (χ1v) is 8.65. The van der Waals surface area contributed by atoms with Crippen LogP contribution < -0.4 is 0 Å². The van der Waals surface area contributed by atoms with Crippen LogP contribution in [0.2, 0.25) is 0 Å². The van der Waals surface area contributed by atoms with Gasteiger partial charge in [0.05, 0.1) is 0 Å². The van der Waals surface area contributed by atoms with Crippen LogP contribution in [0.5, 0.6) is 0 Å². The van der Waals surface area contributed by atoms with Crippen LogP contribution in [0.1, 0.15) is 49.7 Å². The summed E-state index contributed by atoms with van der Waals surface area (Å²) in [5, 5.41) is 0. The van der Waals surface area contributed by atoms with Crippen molar-refractivity contribution in [1.29, 1.82) is 0 Å². The SMILES string of the molecule is CC1CCC(c2ccc(C3=CC(F)C(C(F)(F)F)C(F)=C3)cc2)CC1. The van der Waals surface area contributed by atoms with Crippen molar-refractivity contribution in [3.8, 4) is 0 Å². The van der Waals surface area contributed by atoms with E-state index in [0.29, 0.717) is 11.5 Å². The fourth-order valence-corrected chi connectivity index (χ4v) is 3.76. The highest BCUT2D eigenvalue weighted by molar-refractivity contribution is 5.76. The molecule has 0 amide bonds. The highest BCUT2D eigenvalue weighted by Crippen LogP contribution is 2.42. The molecule has 5 heteroatoms. The summed E-state index contributed by atoms with van der Waals surface area (Å²) in [7, 11) is 0. The summed E-state index contributed by atoms with van der Waals surface area (Å²) in [4.78, 5) is 0. The molecule has 1 aromatic carbocycles. The van der Waals surface area contributed by atoms with Gasteiger partial charge in [0.2, 0.25) is 0 Å². The second kappa shape index (κ2) is 6.93. The normalized spacial score (nSPS) is 30.6. The summed E-state index contributed by atoms with van der Waals surface area (Å²) in [6.45, 7) is 2.25. The minimum absolute atomic E-state index is 0.161. The molecular weight excluding hydrogens is 335 g/mol. The number of benzene rings is 1. The van der Waals surface area contributed by atoms with Gasteiger partial charge in [0, 0.05) is 0 Å². The lowest BCUT2D eigenvalue weighted by Gasteiger charge is -2.27. The van der Waals surface area contributed by atoms with Gasteiger partial charge in [-0.15, -0.1) is 0 Å². The van der Waals surface area contributed by atoms with Crippen molar-refractivity contribution in [2.45, 2.75) is 50.9 Å². The molecule has 3 rings (SSSR count). The van der Waals surface area contributed by atoms with Crippen molar-refractivity contribution >= 4 is 5.57 Å². The molecule has 2 aliphatic carbocycles. The van der Waals surface area contributed by atoms with Crippen LogP contribution in [0.15, 0.2) is 42.2 Å². The van der Waals surface area contributed by atoms with E-state index in [9.17, 15) is 22.0 Å². The van der Waals surface area contributed by atoms with Crippen LogP contribution in [0.4, 0.5) is 22.0 Å². The number of alkyl halides is 4. The largest absolute Gasteiger partial charge is 0.401 e. The Bertz CT molecular complexity index is 660. The number of allylic oxidation sites excluding steroid dienone is 4. The molecule has 0 bridgehead atoms. The van der Waals surface area contributed by atoms with Crippen LogP contribution in [-0.2, 0) is 0 Å². The van der Waals surface area contributed by atoms with Crippen LogP contribution in [-0.4, -0.2) is 12.3 Å². The summed E-state index contributed by atoms with van der Waals surface area (Å²) < 4.78 is 65.8. The van der Waals surface area contributed by atoms with Crippen molar-refractivity contribution in [2.75, 3.05) is 0 Å². The van der Waals surface area contributed by atoms with Gasteiger partial charge in [0.15, 0.2) is 0 Å². The fraction of sp³-hybridized carbons (Fsp3) is 0.500. The molecule has 0 aromatic heterocycles. The summed E-state index contributed by atoms with van der Waals surface area (Å²) in [5.41, 5.74) is 1.88. The highest BCUT2D eigenvalue weighted by Gasteiger charge is 2.49. The van der Waals surface area contributed by atoms with Gasteiger partial charge in [0.25, 0.3) is 0 Å². The summed E-state index contributed by atoms with van der Waals surface area (Å²) in [6, 6.07) is 7.32. The molecule has 0 spiro atoms. The molecule has 0 heterocycles. The van der Waals surface area contributed by atoms with E-state index in [2.05, 4.69) is 6.92 Å². The van der Waals surface area contributed by atoms with Gasteiger partial charge in [-0.05, 0) is 53.5 Å². The van der Waals surface area contributed by atoms with E-state index in [1.807, 2.05) is 12.1 Å². The van der Waals surface area contributed by atoms with Crippen molar-refractivity contribution in [3.63, 3.8) is 0 Å². The van der Waals surface area contributed by atoms with E-state index in [0.717, 1.165) is 30.9 Å². The molecule has 0 N–H and O–H groups in total. The molecule has 1 aromatic rings. The maximum Gasteiger partial charge on any atom is 0.401 e. The average molecular weight is 356 g/mol. The molecule has 1 saturated carbocycles. The topological polar surface area (TPSA) is 0 Å². The van der Waals surface area contributed by atoms with E-state index in [4.69, 9.17) is 0 Å². The van der Waals surface area contributed by atoms with Gasteiger partial charge >= 0.3 is 6.18 Å². The Morgan fingerprint density at radius 2 is 1.56 bits per heavy atom. The average Bonchev–Trinajstić information content (AvgIpc) is 2.54. The first-order valence-electron chi connectivity index (χ1n) is 8.65. The van der Waals surface area contributed by atoms with Crippen LogP contribution in [0, 0.1) is 11.8 Å². The molecule has 0 radical (unpaired) electrons. The maximum absolute atomic E-state index is 13.9. The highest BCUT2D eigenvalue weighted by atomic mass is 19.4. The van der Waals surface area contributed by atoms with Crippen molar-refractivity contribution in [2.24, 2.45) is 11.8 Å². The van der Waals surface area contributed by atoms with Gasteiger partial charge in [-0.3, -0.25) is 0 Å². The second-order valence-corrected chi connectivity index (χ2v) is 7.19. The summed E-state index contributed by atoms with van der Waals surface area (Å²) >= 11 is 0. The molecule has 25 heavy (non-hydrogen) atoms. The van der Waals surface area contributed by atoms with Gasteiger partial charge < -0.3 is 0 Å². The smallest absolute Gasteiger partial charge is 0.242 e. The number of hydrogen-bond donors (Lipinski definition) is 0. The molecule has 2 aliphatic rings. The van der Waals surface area contributed by atoms with Gasteiger partial charge in [0.1, 0.15) is 17.9 Å². The molecular formula is C20H21F5. The van der Waals surface area contributed by atoms with Crippen molar-refractivity contribution < 1.29 is 22.0 Å². The predicted molar refractivity (Wildman–Crippen MR) is 88.4 cm³/mol.